The van der Waals surface area contributed by atoms with E-state index in [2.05, 4.69) is 0 Å². The molecule has 2 aromatic carbocycles. The van der Waals surface area contributed by atoms with Gasteiger partial charge < -0.3 is 5.73 Å². The fourth-order valence-electron chi connectivity index (χ4n) is 2.51. The van der Waals surface area contributed by atoms with Gasteiger partial charge in [0.2, 0.25) is 5.91 Å². The third-order valence-electron chi connectivity index (χ3n) is 3.63. The van der Waals surface area contributed by atoms with Crippen molar-refractivity contribution in [3.8, 4) is 0 Å². The number of benzene rings is 2. The second kappa shape index (κ2) is 5.41. The van der Waals surface area contributed by atoms with Crippen LogP contribution in [0.3, 0.4) is 0 Å². The van der Waals surface area contributed by atoms with E-state index in [0.29, 0.717) is 22.7 Å². The molecular formula is C16H15FN2OS. The molecule has 1 aliphatic heterocycles. The lowest BCUT2D eigenvalue weighted by Crippen LogP contribution is -2.29. The van der Waals surface area contributed by atoms with E-state index in [1.165, 1.54) is 17.8 Å². The van der Waals surface area contributed by atoms with Crippen molar-refractivity contribution >= 4 is 29.0 Å². The van der Waals surface area contributed by atoms with Crippen molar-refractivity contribution in [3.63, 3.8) is 0 Å². The summed E-state index contributed by atoms with van der Waals surface area (Å²) in [5, 5.41) is -0.209. The number of hydrogen-bond acceptors (Lipinski definition) is 3. The molecule has 1 heterocycles. The van der Waals surface area contributed by atoms with Crippen molar-refractivity contribution in [1.82, 2.24) is 0 Å². The molecule has 2 N–H and O–H groups in total. The first-order valence-corrected chi connectivity index (χ1v) is 7.67. The van der Waals surface area contributed by atoms with Gasteiger partial charge in [0, 0.05) is 16.8 Å². The van der Waals surface area contributed by atoms with Crippen molar-refractivity contribution in [1.29, 1.82) is 0 Å². The van der Waals surface area contributed by atoms with Gasteiger partial charge in [0.1, 0.15) is 11.2 Å². The predicted octanol–water partition coefficient (Wildman–Crippen LogP) is 3.49. The summed E-state index contributed by atoms with van der Waals surface area (Å²) < 4.78 is 13.8. The van der Waals surface area contributed by atoms with Crippen molar-refractivity contribution < 1.29 is 9.18 Å². The van der Waals surface area contributed by atoms with Crippen LogP contribution in [-0.2, 0) is 4.79 Å². The zero-order chi connectivity index (χ0) is 15.0. The molecule has 21 heavy (non-hydrogen) atoms. The molecule has 0 radical (unpaired) electrons. The topological polar surface area (TPSA) is 46.3 Å². The Hall–Kier alpha value is -2.01. The average molecular weight is 302 g/mol. The molecule has 0 unspecified atom stereocenters. The Labute approximate surface area is 126 Å². The van der Waals surface area contributed by atoms with E-state index < -0.39 is 0 Å². The Morgan fingerprint density at radius 1 is 1.24 bits per heavy atom. The van der Waals surface area contributed by atoms with E-state index in [1.54, 1.807) is 24.0 Å². The number of anilines is 2. The monoisotopic (exact) mass is 302 g/mol. The van der Waals surface area contributed by atoms with E-state index in [4.69, 9.17) is 5.73 Å². The summed E-state index contributed by atoms with van der Waals surface area (Å²) >= 11 is 1.51. The fourth-order valence-corrected chi connectivity index (χ4v) is 3.72. The Morgan fingerprint density at radius 2 is 2.00 bits per heavy atom. The van der Waals surface area contributed by atoms with E-state index in [0.717, 1.165) is 5.56 Å². The van der Waals surface area contributed by atoms with E-state index in [1.807, 2.05) is 24.3 Å². The first-order valence-electron chi connectivity index (χ1n) is 6.63. The largest absolute Gasteiger partial charge is 0.398 e. The molecule has 0 aliphatic carbocycles. The van der Waals surface area contributed by atoms with Gasteiger partial charge in [-0.2, -0.15) is 0 Å². The van der Waals surface area contributed by atoms with Gasteiger partial charge >= 0.3 is 0 Å². The van der Waals surface area contributed by atoms with Gasteiger partial charge in [-0.25, -0.2) is 4.39 Å². The van der Waals surface area contributed by atoms with Crippen molar-refractivity contribution in [2.45, 2.75) is 12.3 Å². The summed E-state index contributed by atoms with van der Waals surface area (Å²) in [6.07, 6.45) is 0. The molecular weight excluding hydrogens is 287 g/mol. The zero-order valence-electron chi connectivity index (χ0n) is 11.5. The van der Waals surface area contributed by atoms with Gasteiger partial charge in [-0.3, -0.25) is 9.69 Å². The summed E-state index contributed by atoms with van der Waals surface area (Å²) in [7, 11) is 0. The van der Waals surface area contributed by atoms with E-state index in [9.17, 15) is 9.18 Å². The second-order valence-corrected chi connectivity index (χ2v) is 6.01. The maximum Gasteiger partial charge on any atom is 0.238 e. The molecule has 3 rings (SSSR count). The predicted molar refractivity (Wildman–Crippen MR) is 84.7 cm³/mol. The number of nitrogens with zero attached hydrogens (tertiary/aromatic N) is 1. The molecule has 1 aliphatic rings. The fraction of sp³-hybridized carbons (Fsp3) is 0.188. The Bertz CT molecular complexity index is 704. The highest BCUT2D eigenvalue weighted by Gasteiger charge is 2.35. The molecule has 1 atom stereocenters. The number of nitrogen functional groups attached to an aromatic ring is 1. The molecule has 3 nitrogen and oxygen atoms in total. The molecule has 1 saturated heterocycles. The van der Waals surface area contributed by atoms with Crippen LogP contribution >= 0.6 is 11.8 Å². The summed E-state index contributed by atoms with van der Waals surface area (Å²) in [5.41, 5.74) is 8.65. The number of halogens is 1. The van der Waals surface area contributed by atoms with Gasteiger partial charge in [-0.05, 0) is 25.1 Å². The molecule has 1 fully saturated rings. The number of thioether (sulfide) groups is 1. The molecule has 0 bridgehead atoms. The van der Waals surface area contributed by atoms with Gasteiger partial charge in [0.25, 0.3) is 0 Å². The van der Waals surface area contributed by atoms with Gasteiger partial charge in [-0.1, -0.05) is 24.3 Å². The highest BCUT2D eigenvalue weighted by molar-refractivity contribution is 8.00. The van der Waals surface area contributed by atoms with Crippen LogP contribution in [0.1, 0.15) is 16.5 Å². The number of nitrogens with two attached hydrogens (primary N) is 1. The maximum atomic E-state index is 13.8. The van der Waals surface area contributed by atoms with Crippen LogP contribution in [0.5, 0.6) is 0 Å². The molecule has 5 heteroatoms. The van der Waals surface area contributed by atoms with Crippen molar-refractivity contribution in [2.24, 2.45) is 0 Å². The average Bonchev–Trinajstić information content (AvgIpc) is 2.84. The quantitative estimate of drug-likeness (QED) is 0.864. The smallest absolute Gasteiger partial charge is 0.238 e. The van der Waals surface area contributed by atoms with Crippen LogP contribution in [0.25, 0.3) is 0 Å². The number of amides is 1. The minimum atomic E-state index is -0.308. The molecule has 2 aromatic rings. The van der Waals surface area contributed by atoms with Crippen LogP contribution < -0.4 is 10.6 Å². The van der Waals surface area contributed by atoms with Crippen LogP contribution in [0.2, 0.25) is 0 Å². The van der Waals surface area contributed by atoms with Crippen LogP contribution in [-0.4, -0.2) is 11.7 Å². The number of carbonyl (C=O) groups excluding carboxylic acids is 1. The second-order valence-electron chi connectivity index (χ2n) is 4.94. The summed E-state index contributed by atoms with van der Waals surface area (Å²) in [5.74, 6) is 0.0357. The minimum absolute atomic E-state index is 0.0260. The normalized spacial score (nSPS) is 18.3. The molecule has 0 spiro atoms. The highest BCUT2D eigenvalue weighted by atomic mass is 32.2. The first-order chi connectivity index (χ1) is 10.1. The van der Waals surface area contributed by atoms with Crippen LogP contribution in [0, 0.1) is 12.7 Å². The number of carbonyl (C=O) groups is 1. The minimum Gasteiger partial charge on any atom is -0.398 e. The lowest BCUT2D eigenvalue weighted by molar-refractivity contribution is -0.115. The van der Waals surface area contributed by atoms with Crippen LogP contribution in [0.4, 0.5) is 15.8 Å². The molecule has 0 saturated carbocycles. The summed E-state index contributed by atoms with van der Waals surface area (Å²) in [6, 6.07) is 12.3. The highest BCUT2D eigenvalue weighted by Crippen LogP contribution is 2.44. The lowest BCUT2D eigenvalue weighted by Gasteiger charge is -2.26. The van der Waals surface area contributed by atoms with Crippen molar-refractivity contribution in [2.75, 3.05) is 16.4 Å². The number of para-hydroxylation sites is 1. The SMILES string of the molecule is Cc1c(F)cccc1N1C(=O)CS[C@@H]1c1ccccc1N. The van der Waals surface area contributed by atoms with Crippen molar-refractivity contribution in [3.05, 3.63) is 59.4 Å². The van der Waals surface area contributed by atoms with Crippen LogP contribution in [0.15, 0.2) is 42.5 Å². The van der Waals surface area contributed by atoms with E-state index in [-0.39, 0.29) is 17.1 Å². The Morgan fingerprint density at radius 3 is 2.76 bits per heavy atom. The van der Waals surface area contributed by atoms with Gasteiger partial charge in [0.15, 0.2) is 0 Å². The third-order valence-corrected chi connectivity index (χ3v) is 4.82. The molecule has 0 aromatic heterocycles. The molecule has 1 amide bonds. The molecule has 108 valence electrons. The van der Waals surface area contributed by atoms with E-state index >= 15 is 0 Å². The van der Waals surface area contributed by atoms with Gasteiger partial charge in [0.05, 0.1) is 11.4 Å². The number of rotatable bonds is 2. The third kappa shape index (κ3) is 2.38. The Kier molecular flexibility index (Phi) is 3.59. The summed E-state index contributed by atoms with van der Waals surface area (Å²) in [4.78, 5) is 13.9. The first kappa shape index (κ1) is 13.9. The summed E-state index contributed by atoms with van der Waals surface area (Å²) in [6.45, 7) is 1.69. The number of hydrogen-bond donors (Lipinski definition) is 1. The van der Waals surface area contributed by atoms with Gasteiger partial charge in [-0.15, -0.1) is 11.8 Å². The maximum absolute atomic E-state index is 13.8. The Balaban J connectivity index is 2.09. The zero-order valence-corrected chi connectivity index (χ0v) is 12.4. The lowest BCUT2D eigenvalue weighted by atomic mass is 10.1. The standard InChI is InChI=1S/C16H15FN2OS/c1-10-12(17)6-4-8-14(10)19-15(20)9-21-16(19)11-5-2-3-7-13(11)18/h2-8,16H,9,18H2,1H3/t16-/m1/s1.